The van der Waals surface area contributed by atoms with Crippen LogP contribution in [0.4, 0.5) is 0 Å². The van der Waals surface area contributed by atoms with Gasteiger partial charge >= 0.3 is 5.97 Å². The molecule has 8 heteroatoms. The quantitative estimate of drug-likeness (QED) is 0.782. The van der Waals surface area contributed by atoms with Gasteiger partial charge in [0.1, 0.15) is 0 Å². The van der Waals surface area contributed by atoms with Gasteiger partial charge in [-0.25, -0.2) is 4.79 Å². The van der Waals surface area contributed by atoms with E-state index in [0.29, 0.717) is 25.3 Å². The maximum absolute atomic E-state index is 12.5. The number of carbonyl (C=O) groups is 2. The van der Waals surface area contributed by atoms with Crippen LogP contribution in [0.1, 0.15) is 18.7 Å². The summed E-state index contributed by atoms with van der Waals surface area (Å²) >= 11 is 1.47. The first kappa shape index (κ1) is 15.2. The third-order valence-corrected chi connectivity index (χ3v) is 5.66. The van der Waals surface area contributed by atoms with E-state index < -0.39 is 10.8 Å². The van der Waals surface area contributed by atoms with Crippen LogP contribution in [0.15, 0.2) is 34.7 Å². The van der Waals surface area contributed by atoms with Crippen LogP contribution in [0.25, 0.3) is 11.5 Å². The standard InChI is InChI=1S/C16H15N3O4S/c20-13-6-7-16(19(13)8-9-24-16)15(21)22-10-12-17-18-14(23-12)11-4-2-1-3-5-11/h1-5H,6-10H2/t16-/m1/s1. The van der Waals surface area contributed by atoms with Crippen LogP contribution >= 0.6 is 11.8 Å². The van der Waals surface area contributed by atoms with Crippen LogP contribution < -0.4 is 0 Å². The predicted molar refractivity (Wildman–Crippen MR) is 85.7 cm³/mol. The molecular weight excluding hydrogens is 330 g/mol. The van der Waals surface area contributed by atoms with Crippen LogP contribution in [0, 0.1) is 0 Å². The van der Waals surface area contributed by atoms with E-state index in [0.717, 1.165) is 11.3 Å². The van der Waals surface area contributed by atoms with Crippen molar-refractivity contribution in [1.29, 1.82) is 0 Å². The van der Waals surface area contributed by atoms with E-state index in [1.54, 1.807) is 4.90 Å². The number of fused-ring (bicyclic) bond motifs is 1. The first-order chi connectivity index (χ1) is 11.7. The minimum atomic E-state index is -0.862. The zero-order chi connectivity index (χ0) is 16.6. The lowest BCUT2D eigenvalue weighted by atomic mass is 10.2. The van der Waals surface area contributed by atoms with E-state index in [-0.39, 0.29) is 18.4 Å². The molecule has 2 fully saturated rings. The second kappa shape index (κ2) is 5.94. The largest absolute Gasteiger partial charge is 0.453 e. The van der Waals surface area contributed by atoms with Gasteiger partial charge in [0.05, 0.1) is 0 Å². The van der Waals surface area contributed by atoms with Crippen LogP contribution in [-0.4, -0.2) is 44.1 Å². The molecule has 3 heterocycles. The molecule has 24 heavy (non-hydrogen) atoms. The van der Waals surface area contributed by atoms with Gasteiger partial charge in [-0.05, 0) is 18.6 Å². The number of thioether (sulfide) groups is 1. The van der Waals surface area contributed by atoms with Crippen LogP contribution in [0.3, 0.4) is 0 Å². The van der Waals surface area contributed by atoms with Gasteiger partial charge in [0.15, 0.2) is 11.5 Å². The van der Waals surface area contributed by atoms with Crippen molar-refractivity contribution in [2.45, 2.75) is 24.3 Å². The van der Waals surface area contributed by atoms with Crippen molar-refractivity contribution in [2.24, 2.45) is 0 Å². The van der Waals surface area contributed by atoms with Crippen molar-refractivity contribution in [2.75, 3.05) is 12.3 Å². The fourth-order valence-electron chi connectivity index (χ4n) is 3.03. The smallest absolute Gasteiger partial charge is 0.343 e. The lowest BCUT2D eigenvalue weighted by Gasteiger charge is -2.27. The number of aromatic nitrogens is 2. The summed E-state index contributed by atoms with van der Waals surface area (Å²) in [4.78, 5) is 25.1. The molecule has 1 aromatic carbocycles. The predicted octanol–water partition coefficient (Wildman–Crippen LogP) is 1.85. The highest BCUT2D eigenvalue weighted by atomic mass is 32.2. The maximum atomic E-state index is 12.5. The van der Waals surface area contributed by atoms with Crippen LogP contribution in [0.5, 0.6) is 0 Å². The van der Waals surface area contributed by atoms with Gasteiger partial charge in [-0.1, -0.05) is 18.2 Å². The molecule has 7 nitrogen and oxygen atoms in total. The Hall–Kier alpha value is -2.35. The second-order valence-corrected chi connectivity index (χ2v) is 6.99. The van der Waals surface area contributed by atoms with Gasteiger partial charge in [-0.3, -0.25) is 4.79 Å². The Morgan fingerprint density at radius 3 is 3.00 bits per heavy atom. The average molecular weight is 345 g/mol. The normalized spacial score (nSPS) is 22.7. The number of nitrogens with zero attached hydrogens (tertiary/aromatic N) is 3. The number of esters is 1. The maximum Gasteiger partial charge on any atom is 0.343 e. The summed E-state index contributed by atoms with van der Waals surface area (Å²) in [5.41, 5.74) is 0.806. The van der Waals surface area contributed by atoms with Crippen molar-refractivity contribution in [1.82, 2.24) is 15.1 Å². The summed E-state index contributed by atoms with van der Waals surface area (Å²) in [6.45, 7) is 0.500. The third-order valence-electron chi connectivity index (χ3n) is 4.20. The molecule has 0 spiro atoms. The first-order valence-corrected chi connectivity index (χ1v) is 8.67. The molecule has 0 radical (unpaired) electrons. The highest BCUT2D eigenvalue weighted by molar-refractivity contribution is 8.01. The van der Waals surface area contributed by atoms with Gasteiger partial charge in [0, 0.05) is 24.3 Å². The minimum absolute atomic E-state index is 0.0149. The molecule has 2 aromatic rings. The molecule has 4 rings (SSSR count). The SMILES string of the molecule is O=C1CC[C@]2(C(=O)OCc3nnc(-c4ccccc4)o3)SCCN12. The van der Waals surface area contributed by atoms with E-state index >= 15 is 0 Å². The topological polar surface area (TPSA) is 85.5 Å². The molecule has 0 saturated carbocycles. The van der Waals surface area contributed by atoms with E-state index in [2.05, 4.69) is 10.2 Å². The molecule has 1 amide bonds. The summed E-state index contributed by atoms with van der Waals surface area (Å²) in [6, 6.07) is 9.37. The summed E-state index contributed by atoms with van der Waals surface area (Å²) in [5.74, 6) is 0.973. The monoisotopic (exact) mass is 345 g/mol. The lowest BCUT2D eigenvalue weighted by Crippen LogP contribution is -2.46. The third kappa shape index (κ3) is 2.47. The number of carbonyl (C=O) groups excluding carboxylic acids is 2. The Morgan fingerprint density at radius 2 is 2.17 bits per heavy atom. The molecule has 0 N–H and O–H groups in total. The van der Waals surface area contributed by atoms with Crippen molar-refractivity contribution in [3.05, 3.63) is 36.2 Å². The van der Waals surface area contributed by atoms with E-state index in [1.807, 2.05) is 30.3 Å². The van der Waals surface area contributed by atoms with Gasteiger partial charge in [0.2, 0.25) is 11.8 Å². The molecular formula is C16H15N3O4S. The summed E-state index contributed by atoms with van der Waals surface area (Å²) in [5, 5.41) is 7.87. The summed E-state index contributed by atoms with van der Waals surface area (Å²) < 4.78 is 10.9. The van der Waals surface area contributed by atoms with Gasteiger partial charge < -0.3 is 14.1 Å². The Balaban J connectivity index is 1.43. The molecule has 2 aliphatic heterocycles. The minimum Gasteiger partial charge on any atom is -0.453 e. The van der Waals surface area contributed by atoms with Crippen molar-refractivity contribution >= 4 is 23.6 Å². The molecule has 0 aliphatic carbocycles. The molecule has 2 aliphatic rings. The number of ether oxygens (including phenoxy) is 1. The highest BCUT2D eigenvalue weighted by Crippen LogP contribution is 2.45. The van der Waals surface area contributed by atoms with E-state index in [4.69, 9.17) is 9.15 Å². The molecule has 0 unspecified atom stereocenters. The first-order valence-electron chi connectivity index (χ1n) is 7.68. The summed E-state index contributed by atoms with van der Waals surface area (Å²) in [7, 11) is 0. The van der Waals surface area contributed by atoms with Crippen LogP contribution in [-0.2, 0) is 20.9 Å². The van der Waals surface area contributed by atoms with Crippen molar-refractivity contribution < 1.29 is 18.7 Å². The molecule has 2 saturated heterocycles. The summed E-state index contributed by atoms with van der Waals surface area (Å²) in [6.07, 6.45) is 0.884. The van der Waals surface area contributed by atoms with E-state index in [1.165, 1.54) is 11.8 Å². The Labute approximate surface area is 142 Å². The molecule has 0 bridgehead atoms. The van der Waals surface area contributed by atoms with Gasteiger partial charge in [-0.15, -0.1) is 22.0 Å². The Kier molecular flexibility index (Phi) is 3.76. The number of benzene rings is 1. The number of amides is 1. The van der Waals surface area contributed by atoms with E-state index in [9.17, 15) is 9.59 Å². The zero-order valence-corrected chi connectivity index (χ0v) is 13.6. The Bertz CT molecular complexity index is 779. The highest BCUT2D eigenvalue weighted by Gasteiger charge is 2.56. The van der Waals surface area contributed by atoms with Crippen LogP contribution in [0.2, 0.25) is 0 Å². The Morgan fingerprint density at radius 1 is 1.33 bits per heavy atom. The lowest BCUT2D eigenvalue weighted by molar-refractivity contribution is -0.155. The number of hydrogen-bond acceptors (Lipinski definition) is 7. The number of rotatable bonds is 4. The fourth-order valence-corrected chi connectivity index (χ4v) is 4.41. The second-order valence-electron chi connectivity index (χ2n) is 5.62. The zero-order valence-electron chi connectivity index (χ0n) is 12.8. The molecule has 124 valence electrons. The average Bonchev–Trinajstić information content (AvgIpc) is 3.31. The van der Waals surface area contributed by atoms with Crippen molar-refractivity contribution in [3.8, 4) is 11.5 Å². The number of hydrogen-bond donors (Lipinski definition) is 0. The van der Waals surface area contributed by atoms with Gasteiger partial charge in [0.25, 0.3) is 5.89 Å². The van der Waals surface area contributed by atoms with Gasteiger partial charge in [-0.2, -0.15) is 0 Å². The molecule has 1 aromatic heterocycles. The molecule has 1 atom stereocenters. The fraction of sp³-hybridized carbons (Fsp3) is 0.375. The van der Waals surface area contributed by atoms with Crippen molar-refractivity contribution in [3.63, 3.8) is 0 Å².